The van der Waals surface area contributed by atoms with Crippen LogP contribution in [-0.2, 0) is 10.0 Å². The van der Waals surface area contributed by atoms with Crippen LogP contribution in [0.25, 0.3) is 0 Å². The first kappa shape index (κ1) is 15.2. The van der Waals surface area contributed by atoms with Gasteiger partial charge >= 0.3 is 0 Å². The minimum Gasteiger partial charge on any atom is -0.247 e. The molecule has 1 aromatic heterocycles. The molecule has 0 aliphatic rings. The van der Waals surface area contributed by atoms with E-state index < -0.39 is 10.0 Å². The van der Waals surface area contributed by atoms with E-state index in [0.29, 0.717) is 5.92 Å². The third-order valence-electron chi connectivity index (χ3n) is 2.70. The van der Waals surface area contributed by atoms with Gasteiger partial charge in [0.1, 0.15) is 0 Å². The summed E-state index contributed by atoms with van der Waals surface area (Å²) in [4.78, 5) is 8.05. The Bertz CT molecular complexity index is 683. The molecular formula is C13H14IN3O2S. The predicted molar refractivity (Wildman–Crippen MR) is 86.1 cm³/mol. The highest BCUT2D eigenvalue weighted by Gasteiger charge is 2.15. The number of nitrogens with one attached hydrogen (secondary N) is 1. The summed E-state index contributed by atoms with van der Waals surface area (Å²) in [6.07, 6.45) is 3.10. The summed E-state index contributed by atoms with van der Waals surface area (Å²) >= 11 is 2.05. The molecule has 0 saturated carbocycles. The van der Waals surface area contributed by atoms with Crippen LogP contribution in [0.5, 0.6) is 0 Å². The first-order valence-electron chi connectivity index (χ1n) is 5.99. The van der Waals surface area contributed by atoms with Gasteiger partial charge in [0.15, 0.2) is 0 Å². The van der Waals surface area contributed by atoms with Gasteiger partial charge < -0.3 is 0 Å². The van der Waals surface area contributed by atoms with E-state index in [9.17, 15) is 8.42 Å². The van der Waals surface area contributed by atoms with Crippen molar-refractivity contribution in [2.75, 3.05) is 4.72 Å². The van der Waals surface area contributed by atoms with E-state index in [1.165, 1.54) is 0 Å². The van der Waals surface area contributed by atoms with Gasteiger partial charge in [-0.05, 0) is 46.2 Å². The molecule has 1 heterocycles. The van der Waals surface area contributed by atoms with E-state index in [1.807, 2.05) is 12.1 Å². The molecule has 0 radical (unpaired) electrons. The monoisotopic (exact) mass is 403 g/mol. The Morgan fingerprint density at radius 1 is 1.10 bits per heavy atom. The standard InChI is InChI=1S/C13H14IN3O2S/c1-9(2)10-3-5-12(6-4-10)20(18,19)17-13-15-7-11(14)8-16-13/h3-9H,1-2H3,(H,15,16,17). The van der Waals surface area contributed by atoms with Gasteiger partial charge in [0.25, 0.3) is 10.0 Å². The van der Waals surface area contributed by atoms with Crippen LogP contribution in [0.2, 0.25) is 0 Å². The van der Waals surface area contributed by atoms with Gasteiger partial charge in [-0.1, -0.05) is 26.0 Å². The lowest BCUT2D eigenvalue weighted by Crippen LogP contribution is -2.15. The Morgan fingerprint density at radius 2 is 1.65 bits per heavy atom. The van der Waals surface area contributed by atoms with E-state index in [-0.39, 0.29) is 10.8 Å². The zero-order chi connectivity index (χ0) is 14.8. The normalized spacial score (nSPS) is 11.6. The third-order valence-corrected chi connectivity index (χ3v) is 4.60. The number of anilines is 1. The van der Waals surface area contributed by atoms with Gasteiger partial charge in [-0.25, -0.2) is 23.1 Å². The highest BCUT2D eigenvalue weighted by molar-refractivity contribution is 14.1. The van der Waals surface area contributed by atoms with Gasteiger partial charge in [0.05, 0.1) is 4.90 Å². The molecular weight excluding hydrogens is 389 g/mol. The smallest absolute Gasteiger partial charge is 0.247 e. The molecule has 2 rings (SSSR count). The van der Waals surface area contributed by atoms with Crippen LogP contribution in [0.1, 0.15) is 25.3 Å². The van der Waals surface area contributed by atoms with E-state index in [4.69, 9.17) is 0 Å². The van der Waals surface area contributed by atoms with Gasteiger partial charge in [-0.15, -0.1) is 0 Å². The summed E-state index contributed by atoms with van der Waals surface area (Å²) in [7, 11) is -3.65. The fourth-order valence-corrected chi connectivity index (χ4v) is 2.81. The van der Waals surface area contributed by atoms with Crippen LogP contribution in [0.3, 0.4) is 0 Å². The van der Waals surface area contributed by atoms with Gasteiger partial charge in [0.2, 0.25) is 5.95 Å². The Kier molecular flexibility index (Phi) is 4.59. The summed E-state index contributed by atoms with van der Waals surface area (Å²) < 4.78 is 27.5. The van der Waals surface area contributed by atoms with Crippen molar-refractivity contribution in [2.45, 2.75) is 24.7 Å². The number of halogens is 1. The number of nitrogens with zero attached hydrogens (tertiary/aromatic N) is 2. The van der Waals surface area contributed by atoms with Crippen molar-refractivity contribution in [3.63, 3.8) is 0 Å². The molecule has 0 spiro atoms. The molecule has 5 nitrogen and oxygen atoms in total. The van der Waals surface area contributed by atoms with Crippen molar-refractivity contribution >= 4 is 38.6 Å². The topological polar surface area (TPSA) is 72.0 Å². The van der Waals surface area contributed by atoms with E-state index in [0.717, 1.165) is 9.13 Å². The number of rotatable bonds is 4. The van der Waals surface area contributed by atoms with Gasteiger partial charge in [-0.3, -0.25) is 0 Å². The summed E-state index contributed by atoms with van der Waals surface area (Å²) in [5.41, 5.74) is 1.09. The Balaban J connectivity index is 2.23. The highest BCUT2D eigenvalue weighted by Crippen LogP contribution is 2.18. The lowest BCUT2D eigenvalue weighted by atomic mass is 10.0. The molecule has 0 amide bonds. The van der Waals surface area contributed by atoms with E-state index in [2.05, 4.69) is 51.1 Å². The first-order chi connectivity index (χ1) is 9.38. The molecule has 1 N–H and O–H groups in total. The van der Waals surface area contributed by atoms with Crippen molar-refractivity contribution in [2.24, 2.45) is 0 Å². The van der Waals surface area contributed by atoms with Crippen LogP contribution < -0.4 is 4.72 Å². The minimum atomic E-state index is -3.65. The second-order valence-electron chi connectivity index (χ2n) is 4.55. The van der Waals surface area contributed by atoms with Crippen LogP contribution in [0, 0.1) is 3.57 Å². The molecule has 20 heavy (non-hydrogen) atoms. The zero-order valence-electron chi connectivity index (χ0n) is 11.0. The van der Waals surface area contributed by atoms with E-state index >= 15 is 0 Å². The highest BCUT2D eigenvalue weighted by atomic mass is 127. The average Bonchev–Trinajstić information content (AvgIpc) is 2.41. The van der Waals surface area contributed by atoms with Crippen LogP contribution in [0.15, 0.2) is 41.6 Å². The number of benzene rings is 1. The SMILES string of the molecule is CC(C)c1ccc(S(=O)(=O)Nc2ncc(I)cn2)cc1. The lowest BCUT2D eigenvalue weighted by Gasteiger charge is -2.09. The number of hydrogen-bond acceptors (Lipinski definition) is 4. The molecule has 0 unspecified atom stereocenters. The number of hydrogen-bond donors (Lipinski definition) is 1. The molecule has 0 bridgehead atoms. The maximum absolute atomic E-state index is 12.2. The molecule has 0 fully saturated rings. The van der Waals surface area contributed by atoms with E-state index in [1.54, 1.807) is 24.5 Å². The van der Waals surface area contributed by atoms with Gasteiger partial charge in [-0.2, -0.15) is 0 Å². The molecule has 0 aliphatic heterocycles. The summed E-state index contributed by atoms with van der Waals surface area (Å²) in [6.45, 7) is 4.11. The largest absolute Gasteiger partial charge is 0.264 e. The number of sulfonamides is 1. The predicted octanol–water partition coefficient (Wildman–Crippen LogP) is 3.01. The molecule has 2 aromatic rings. The van der Waals surface area contributed by atoms with Crippen LogP contribution in [-0.4, -0.2) is 18.4 Å². The molecule has 0 aliphatic carbocycles. The fraction of sp³-hybridized carbons (Fsp3) is 0.231. The third kappa shape index (κ3) is 3.66. The maximum atomic E-state index is 12.2. The first-order valence-corrected chi connectivity index (χ1v) is 8.55. The van der Waals surface area contributed by atoms with Crippen LogP contribution >= 0.6 is 22.6 Å². The van der Waals surface area contributed by atoms with Crippen molar-refractivity contribution in [3.05, 3.63) is 45.8 Å². The lowest BCUT2D eigenvalue weighted by molar-refractivity contribution is 0.600. The number of aromatic nitrogens is 2. The molecule has 0 atom stereocenters. The van der Waals surface area contributed by atoms with Crippen LogP contribution in [0.4, 0.5) is 5.95 Å². The summed E-state index contributed by atoms with van der Waals surface area (Å²) in [6, 6.07) is 6.80. The summed E-state index contributed by atoms with van der Waals surface area (Å²) in [5.74, 6) is 0.428. The molecule has 7 heteroatoms. The second kappa shape index (κ2) is 6.04. The van der Waals surface area contributed by atoms with Crippen molar-refractivity contribution < 1.29 is 8.42 Å². The maximum Gasteiger partial charge on any atom is 0.264 e. The molecule has 0 saturated heterocycles. The quantitative estimate of drug-likeness (QED) is 0.797. The minimum absolute atomic E-state index is 0.0679. The van der Waals surface area contributed by atoms with Crippen molar-refractivity contribution in [1.29, 1.82) is 0 Å². The Labute approximate surface area is 132 Å². The van der Waals surface area contributed by atoms with Crippen molar-refractivity contribution in [1.82, 2.24) is 9.97 Å². The summed E-state index contributed by atoms with van der Waals surface area (Å²) in [5, 5.41) is 0. The molecule has 106 valence electrons. The Morgan fingerprint density at radius 3 is 2.15 bits per heavy atom. The Hall–Kier alpha value is -1.22. The van der Waals surface area contributed by atoms with Gasteiger partial charge in [0, 0.05) is 16.0 Å². The molecule has 1 aromatic carbocycles. The fourth-order valence-electron chi connectivity index (χ4n) is 1.58. The average molecular weight is 403 g/mol. The van der Waals surface area contributed by atoms with Crippen molar-refractivity contribution in [3.8, 4) is 0 Å². The second-order valence-corrected chi connectivity index (χ2v) is 7.48. The zero-order valence-corrected chi connectivity index (χ0v) is 14.0.